The van der Waals surface area contributed by atoms with E-state index in [9.17, 15) is 4.79 Å². The molecule has 4 rings (SSSR count). The molecule has 1 amide bonds. The Kier molecular flexibility index (Phi) is 5.19. The van der Waals surface area contributed by atoms with Gasteiger partial charge in [0.15, 0.2) is 0 Å². The van der Waals surface area contributed by atoms with E-state index in [2.05, 4.69) is 38.0 Å². The quantitative estimate of drug-likeness (QED) is 0.599. The first-order chi connectivity index (χ1) is 13.2. The van der Waals surface area contributed by atoms with Gasteiger partial charge in [-0.2, -0.15) is 0 Å². The van der Waals surface area contributed by atoms with Crippen molar-refractivity contribution in [3.63, 3.8) is 0 Å². The molecular formula is C18H21N7OS. The lowest BCUT2D eigenvalue weighted by molar-refractivity contribution is -0.120. The number of carbonyl (C=O) groups excluding carboxylic acids is 1. The summed E-state index contributed by atoms with van der Waals surface area (Å²) in [6, 6.07) is 8.60. The van der Waals surface area contributed by atoms with E-state index in [-0.39, 0.29) is 11.2 Å². The van der Waals surface area contributed by atoms with E-state index in [0.717, 1.165) is 24.9 Å². The van der Waals surface area contributed by atoms with Crippen LogP contribution in [0.2, 0.25) is 0 Å². The summed E-state index contributed by atoms with van der Waals surface area (Å²) < 4.78 is 3.84. The third-order valence-electron chi connectivity index (χ3n) is 4.39. The minimum atomic E-state index is -0.261. The summed E-state index contributed by atoms with van der Waals surface area (Å²) in [5.74, 6) is -0.0228. The third kappa shape index (κ3) is 4.54. The molecule has 1 aliphatic rings. The van der Waals surface area contributed by atoms with Crippen LogP contribution in [0.3, 0.4) is 0 Å². The molecule has 1 saturated carbocycles. The molecule has 1 aliphatic carbocycles. The van der Waals surface area contributed by atoms with Gasteiger partial charge in [0, 0.05) is 25.5 Å². The lowest BCUT2D eigenvalue weighted by Crippen LogP contribution is -2.30. The van der Waals surface area contributed by atoms with E-state index in [0.29, 0.717) is 17.7 Å². The topological polar surface area (TPSA) is 90.5 Å². The molecule has 0 radical (unpaired) electrons. The summed E-state index contributed by atoms with van der Waals surface area (Å²) in [4.78, 5) is 16.5. The van der Waals surface area contributed by atoms with Gasteiger partial charge in [0.1, 0.15) is 0 Å². The molecule has 1 N–H and O–H groups in total. The van der Waals surface area contributed by atoms with Crippen LogP contribution in [-0.4, -0.2) is 40.9 Å². The Bertz CT molecular complexity index is 904. The number of nitrogens with one attached hydrogen (secondary N) is 1. The second kappa shape index (κ2) is 7.91. The molecule has 8 nitrogen and oxygen atoms in total. The van der Waals surface area contributed by atoms with E-state index in [1.54, 1.807) is 12.5 Å². The highest BCUT2D eigenvalue weighted by atomic mass is 32.2. The summed E-state index contributed by atoms with van der Waals surface area (Å²) in [5.41, 5.74) is 2.24. The summed E-state index contributed by atoms with van der Waals surface area (Å²) in [5, 5.41) is 15.3. The molecule has 1 fully saturated rings. The Morgan fingerprint density at radius 2 is 2.22 bits per heavy atom. The molecule has 1 aromatic carbocycles. The Morgan fingerprint density at radius 3 is 3.00 bits per heavy atom. The number of nitrogens with zero attached hydrogens (tertiary/aromatic N) is 6. The van der Waals surface area contributed by atoms with Gasteiger partial charge in [0.2, 0.25) is 11.1 Å². The molecule has 1 unspecified atom stereocenters. The Hall–Kier alpha value is -2.68. The van der Waals surface area contributed by atoms with Crippen LogP contribution in [0.4, 0.5) is 0 Å². The minimum Gasteiger partial charge on any atom is -0.351 e. The molecule has 27 heavy (non-hydrogen) atoms. The predicted octanol–water partition coefficient (Wildman–Crippen LogP) is 2.05. The Balaban J connectivity index is 1.31. The smallest absolute Gasteiger partial charge is 0.233 e. The first-order valence-electron chi connectivity index (χ1n) is 8.95. The highest BCUT2D eigenvalue weighted by Gasteiger charge is 2.29. The van der Waals surface area contributed by atoms with Crippen molar-refractivity contribution < 1.29 is 4.79 Å². The maximum atomic E-state index is 12.5. The van der Waals surface area contributed by atoms with Gasteiger partial charge in [0.05, 0.1) is 17.6 Å². The number of aromatic nitrogens is 6. The van der Waals surface area contributed by atoms with Crippen LogP contribution in [0.15, 0.2) is 48.1 Å². The molecule has 3 aromatic rings. The maximum absolute atomic E-state index is 12.5. The van der Waals surface area contributed by atoms with Gasteiger partial charge in [-0.3, -0.25) is 4.79 Å². The molecule has 1 atom stereocenters. The van der Waals surface area contributed by atoms with Crippen LogP contribution in [0.1, 0.15) is 36.9 Å². The first-order valence-corrected chi connectivity index (χ1v) is 9.83. The Morgan fingerprint density at radius 1 is 1.37 bits per heavy atom. The third-order valence-corrected chi connectivity index (χ3v) is 5.44. The number of tetrazole rings is 1. The van der Waals surface area contributed by atoms with Crippen LogP contribution < -0.4 is 5.32 Å². The van der Waals surface area contributed by atoms with E-state index in [1.807, 2.05) is 34.5 Å². The van der Waals surface area contributed by atoms with Crippen molar-refractivity contribution in [1.82, 2.24) is 35.1 Å². The molecule has 0 saturated heterocycles. The van der Waals surface area contributed by atoms with Crippen LogP contribution in [0.5, 0.6) is 0 Å². The lowest BCUT2D eigenvalue weighted by atomic mass is 10.1. The van der Waals surface area contributed by atoms with Crippen molar-refractivity contribution in [3.8, 4) is 0 Å². The molecule has 0 aliphatic heterocycles. The average molecular weight is 383 g/mol. The number of rotatable bonds is 8. The molecule has 0 spiro atoms. The van der Waals surface area contributed by atoms with E-state index in [4.69, 9.17) is 0 Å². The van der Waals surface area contributed by atoms with Crippen LogP contribution in [-0.2, 0) is 17.9 Å². The van der Waals surface area contributed by atoms with Crippen molar-refractivity contribution in [2.24, 2.45) is 0 Å². The van der Waals surface area contributed by atoms with Gasteiger partial charge in [-0.05, 0) is 41.3 Å². The van der Waals surface area contributed by atoms with Gasteiger partial charge in [-0.1, -0.05) is 36.0 Å². The normalized spacial score (nSPS) is 14.9. The van der Waals surface area contributed by atoms with Crippen LogP contribution in [0.25, 0.3) is 0 Å². The molecule has 140 valence electrons. The maximum Gasteiger partial charge on any atom is 0.233 e. The van der Waals surface area contributed by atoms with Crippen molar-refractivity contribution >= 4 is 17.7 Å². The van der Waals surface area contributed by atoms with Crippen molar-refractivity contribution in [2.45, 2.75) is 49.3 Å². The second-order valence-electron chi connectivity index (χ2n) is 6.67. The van der Waals surface area contributed by atoms with E-state index < -0.39 is 0 Å². The monoisotopic (exact) mass is 383 g/mol. The van der Waals surface area contributed by atoms with Gasteiger partial charge in [0.25, 0.3) is 0 Å². The predicted molar refractivity (Wildman–Crippen MR) is 101 cm³/mol. The van der Waals surface area contributed by atoms with Gasteiger partial charge >= 0.3 is 0 Å². The number of benzene rings is 1. The lowest BCUT2D eigenvalue weighted by Gasteiger charge is -2.12. The average Bonchev–Trinajstić information content (AvgIpc) is 3.19. The molecule has 2 heterocycles. The zero-order valence-corrected chi connectivity index (χ0v) is 15.8. The number of hydrogen-bond donors (Lipinski definition) is 1. The zero-order valence-electron chi connectivity index (χ0n) is 15.0. The van der Waals surface area contributed by atoms with Crippen molar-refractivity contribution in [1.29, 1.82) is 0 Å². The molecule has 9 heteroatoms. The standard InChI is InChI=1S/C18H21N7OS/c1-13(27-18-21-22-23-25(18)16-5-6-16)17(26)20-10-14-3-2-4-15(9-14)11-24-8-7-19-12-24/h2-4,7-9,12-13,16H,5-6,10-11H2,1H3,(H,20,26). The van der Waals surface area contributed by atoms with Gasteiger partial charge in [-0.25, -0.2) is 9.67 Å². The zero-order chi connectivity index (χ0) is 18.6. The number of thioether (sulfide) groups is 1. The number of hydrogen-bond acceptors (Lipinski definition) is 6. The van der Waals surface area contributed by atoms with Crippen molar-refractivity contribution in [2.75, 3.05) is 0 Å². The Labute approximate surface area is 161 Å². The fraction of sp³-hybridized carbons (Fsp3) is 0.389. The fourth-order valence-corrected chi connectivity index (χ4v) is 3.67. The SMILES string of the molecule is CC(Sc1nnnn1C1CC1)C(=O)NCc1cccc(Cn2ccnc2)c1. The van der Waals surface area contributed by atoms with E-state index >= 15 is 0 Å². The number of carbonyl (C=O) groups is 1. The fourth-order valence-electron chi connectivity index (χ4n) is 2.78. The molecular weight excluding hydrogens is 362 g/mol. The first kappa shape index (κ1) is 17.7. The molecule has 0 bridgehead atoms. The summed E-state index contributed by atoms with van der Waals surface area (Å²) >= 11 is 1.40. The van der Waals surface area contributed by atoms with Crippen LogP contribution >= 0.6 is 11.8 Å². The number of imidazole rings is 1. The largest absolute Gasteiger partial charge is 0.351 e. The highest BCUT2D eigenvalue weighted by Crippen LogP contribution is 2.37. The summed E-state index contributed by atoms with van der Waals surface area (Å²) in [6.45, 7) is 3.13. The second-order valence-corrected chi connectivity index (χ2v) is 7.98. The van der Waals surface area contributed by atoms with Gasteiger partial charge in [-0.15, -0.1) is 5.10 Å². The van der Waals surface area contributed by atoms with Crippen molar-refractivity contribution in [3.05, 3.63) is 54.1 Å². The summed E-state index contributed by atoms with van der Waals surface area (Å²) in [7, 11) is 0. The molecule has 2 aromatic heterocycles. The van der Waals surface area contributed by atoms with Crippen LogP contribution in [0, 0.1) is 0 Å². The minimum absolute atomic E-state index is 0.0228. The number of amides is 1. The summed E-state index contributed by atoms with van der Waals surface area (Å²) in [6.07, 6.45) is 7.71. The van der Waals surface area contributed by atoms with E-state index in [1.165, 1.54) is 17.3 Å². The highest BCUT2D eigenvalue weighted by molar-refractivity contribution is 8.00. The van der Waals surface area contributed by atoms with Gasteiger partial charge < -0.3 is 9.88 Å².